The average molecular weight is 434 g/mol. The largest absolute Gasteiger partial charge is 0.497 e. The first kappa shape index (κ1) is 21.2. The van der Waals surface area contributed by atoms with Gasteiger partial charge in [-0.1, -0.05) is 24.3 Å². The molecule has 0 radical (unpaired) electrons. The number of likely N-dealkylation sites (N-methyl/N-ethyl adjacent to an activating group) is 1. The van der Waals surface area contributed by atoms with Crippen molar-refractivity contribution in [1.82, 2.24) is 4.90 Å². The van der Waals surface area contributed by atoms with Gasteiger partial charge < -0.3 is 19.1 Å². The van der Waals surface area contributed by atoms with Crippen molar-refractivity contribution in [3.8, 4) is 38.8 Å². The molecular formula is C26H27NO3S. The number of benzene rings is 3. The predicted octanol–water partition coefficient (Wildman–Crippen LogP) is 6.19. The standard InChI is InChI=1S/C26H27NO3S/c1-27(2)15-16-30-19-11-9-18(10-12-19)25-22-17-20(28-3)13-14-24(22)31-26(25)21-7-5-6-8-23(21)29-4/h5-14,17H,15-16H2,1-4H3. The van der Waals surface area contributed by atoms with E-state index in [4.69, 9.17) is 14.2 Å². The van der Waals surface area contributed by atoms with Gasteiger partial charge in [0.05, 0.1) is 14.2 Å². The summed E-state index contributed by atoms with van der Waals surface area (Å²) in [5, 5.41) is 1.17. The molecule has 0 bridgehead atoms. The molecule has 1 heterocycles. The van der Waals surface area contributed by atoms with E-state index in [0.717, 1.165) is 34.9 Å². The van der Waals surface area contributed by atoms with Crippen LogP contribution in [0.15, 0.2) is 66.7 Å². The fourth-order valence-electron chi connectivity index (χ4n) is 3.58. The molecule has 0 amide bonds. The lowest BCUT2D eigenvalue weighted by molar-refractivity contribution is 0.261. The SMILES string of the molecule is COc1ccc2sc(-c3ccccc3OC)c(-c3ccc(OCCN(C)C)cc3)c2c1. The van der Waals surface area contributed by atoms with Crippen molar-refractivity contribution < 1.29 is 14.2 Å². The maximum absolute atomic E-state index is 5.89. The number of fused-ring (bicyclic) bond motifs is 1. The van der Waals surface area contributed by atoms with Gasteiger partial charge in [-0.05, 0) is 62.1 Å². The van der Waals surface area contributed by atoms with Crippen molar-refractivity contribution in [2.45, 2.75) is 0 Å². The Bertz CT molecular complexity index is 1170. The zero-order valence-corrected chi connectivity index (χ0v) is 19.2. The summed E-state index contributed by atoms with van der Waals surface area (Å²) >= 11 is 1.77. The van der Waals surface area contributed by atoms with Crippen LogP contribution >= 0.6 is 11.3 Å². The first-order valence-electron chi connectivity index (χ1n) is 10.2. The van der Waals surface area contributed by atoms with Crippen molar-refractivity contribution in [2.24, 2.45) is 0 Å². The second-order valence-corrected chi connectivity index (χ2v) is 8.60. The van der Waals surface area contributed by atoms with Gasteiger partial charge >= 0.3 is 0 Å². The van der Waals surface area contributed by atoms with E-state index in [-0.39, 0.29) is 0 Å². The summed E-state index contributed by atoms with van der Waals surface area (Å²) in [6.07, 6.45) is 0. The number of thiophene rings is 1. The third-order valence-electron chi connectivity index (χ3n) is 5.20. The van der Waals surface area contributed by atoms with E-state index in [2.05, 4.69) is 35.2 Å². The Kier molecular flexibility index (Phi) is 6.44. The van der Waals surface area contributed by atoms with Crippen molar-refractivity contribution in [1.29, 1.82) is 0 Å². The first-order chi connectivity index (χ1) is 15.1. The van der Waals surface area contributed by atoms with Crippen molar-refractivity contribution >= 4 is 21.4 Å². The molecule has 0 N–H and O–H groups in total. The number of para-hydroxylation sites is 1. The molecule has 0 fully saturated rings. The Balaban J connectivity index is 1.81. The Labute approximate surface area is 187 Å². The first-order valence-corrected chi connectivity index (χ1v) is 11.0. The van der Waals surface area contributed by atoms with E-state index in [0.29, 0.717) is 6.61 Å². The van der Waals surface area contributed by atoms with Crippen molar-refractivity contribution in [2.75, 3.05) is 41.5 Å². The van der Waals surface area contributed by atoms with Gasteiger partial charge in [-0.15, -0.1) is 11.3 Å². The summed E-state index contributed by atoms with van der Waals surface area (Å²) in [5.74, 6) is 2.59. The van der Waals surface area contributed by atoms with Crippen LogP contribution in [0.4, 0.5) is 0 Å². The number of rotatable bonds is 8. The molecule has 0 saturated heterocycles. The minimum Gasteiger partial charge on any atom is -0.497 e. The van der Waals surface area contributed by atoms with Crippen LogP contribution in [0.3, 0.4) is 0 Å². The van der Waals surface area contributed by atoms with Gasteiger partial charge in [-0.2, -0.15) is 0 Å². The maximum atomic E-state index is 5.89. The second kappa shape index (κ2) is 9.41. The van der Waals surface area contributed by atoms with Crippen LogP contribution in [0, 0.1) is 0 Å². The van der Waals surface area contributed by atoms with Gasteiger partial charge in [0.25, 0.3) is 0 Å². The van der Waals surface area contributed by atoms with Gasteiger partial charge in [-0.25, -0.2) is 0 Å². The van der Waals surface area contributed by atoms with Crippen LogP contribution in [-0.2, 0) is 0 Å². The normalized spacial score (nSPS) is 11.1. The minimum atomic E-state index is 0.664. The highest BCUT2D eigenvalue weighted by molar-refractivity contribution is 7.23. The Morgan fingerprint density at radius 2 is 1.58 bits per heavy atom. The van der Waals surface area contributed by atoms with Gasteiger partial charge in [0.1, 0.15) is 23.9 Å². The van der Waals surface area contributed by atoms with Crippen LogP contribution in [0.2, 0.25) is 0 Å². The molecular weight excluding hydrogens is 406 g/mol. The van der Waals surface area contributed by atoms with E-state index < -0.39 is 0 Å². The molecule has 0 aliphatic carbocycles. The van der Waals surface area contributed by atoms with Crippen molar-refractivity contribution in [3.05, 3.63) is 66.7 Å². The van der Waals surface area contributed by atoms with E-state index in [1.165, 1.54) is 20.5 Å². The van der Waals surface area contributed by atoms with E-state index >= 15 is 0 Å². The molecule has 0 aliphatic heterocycles. The maximum Gasteiger partial charge on any atom is 0.127 e. The molecule has 31 heavy (non-hydrogen) atoms. The molecule has 160 valence electrons. The summed E-state index contributed by atoms with van der Waals surface area (Å²) in [6, 6.07) is 22.8. The van der Waals surface area contributed by atoms with Gasteiger partial charge in [0, 0.05) is 32.6 Å². The van der Waals surface area contributed by atoms with Crippen LogP contribution < -0.4 is 14.2 Å². The minimum absolute atomic E-state index is 0.664. The molecule has 0 saturated carbocycles. The molecule has 4 aromatic rings. The molecule has 4 nitrogen and oxygen atoms in total. The smallest absolute Gasteiger partial charge is 0.127 e. The van der Waals surface area contributed by atoms with Crippen molar-refractivity contribution in [3.63, 3.8) is 0 Å². The zero-order chi connectivity index (χ0) is 21.8. The highest BCUT2D eigenvalue weighted by atomic mass is 32.1. The van der Waals surface area contributed by atoms with Gasteiger partial charge in [-0.3, -0.25) is 0 Å². The summed E-state index contributed by atoms with van der Waals surface area (Å²) in [7, 11) is 7.51. The number of hydrogen-bond acceptors (Lipinski definition) is 5. The van der Waals surface area contributed by atoms with Crippen LogP contribution in [0.25, 0.3) is 31.7 Å². The topological polar surface area (TPSA) is 30.9 Å². The molecule has 0 unspecified atom stereocenters. The van der Waals surface area contributed by atoms with Crippen LogP contribution in [0.5, 0.6) is 17.2 Å². The molecule has 0 atom stereocenters. The fraction of sp³-hybridized carbons (Fsp3) is 0.231. The lowest BCUT2D eigenvalue weighted by Gasteiger charge is -2.12. The second-order valence-electron chi connectivity index (χ2n) is 7.54. The highest BCUT2D eigenvalue weighted by Crippen LogP contribution is 2.48. The molecule has 4 rings (SSSR count). The fourth-order valence-corrected chi connectivity index (χ4v) is 4.81. The highest BCUT2D eigenvalue weighted by Gasteiger charge is 2.19. The zero-order valence-electron chi connectivity index (χ0n) is 18.3. The Hall–Kier alpha value is -3.02. The lowest BCUT2D eigenvalue weighted by Crippen LogP contribution is -2.19. The summed E-state index contributed by atoms with van der Waals surface area (Å²) < 4.78 is 18.3. The van der Waals surface area contributed by atoms with Gasteiger partial charge in [0.2, 0.25) is 0 Å². The molecule has 0 spiro atoms. The Morgan fingerprint density at radius 3 is 2.29 bits per heavy atom. The quantitative estimate of drug-likeness (QED) is 0.331. The van der Waals surface area contributed by atoms with E-state index in [9.17, 15) is 0 Å². The third kappa shape index (κ3) is 4.53. The summed E-state index contributed by atoms with van der Waals surface area (Å²) in [4.78, 5) is 3.29. The van der Waals surface area contributed by atoms with Crippen LogP contribution in [0.1, 0.15) is 0 Å². The Morgan fingerprint density at radius 1 is 0.839 bits per heavy atom. The summed E-state index contributed by atoms with van der Waals surface area (Å²) in [5.41, 5.74) is 3.41. The number of hydrogen-bond donors (Lipinski definition) is 0. The number of methoxy groups -OCH3 is 2. The molecule has 3 aromatic carbocycles. The lowest BCUT2D eigenvalue weighted by atomic mass is 9.98. The number of ether oxygens (including phenoxy) is 3. The molecule has 0 aliphatic rings. The number of nitrogens with zero attached hydrogens (tertiary/aromatic N) is 1. The third-order valence-corrected chi connectivity index (χ3v) is 6.40. The molecule has 5 heteroatoms. The summed E-state index contributed by atoms with van der Waals surface area (Å²) in [6.45, 7) is 1.55. The monoisotopic (exact) mass is 433 g/mol. The molecule has 1 aromatic heterocycles. The predicted molar refractivity (Wildman–Crippen MR) is 130 cm³/mol. The average Bonchev–Trinajstić information content (AvgIpc) is 3.17. The van der Waals surface area contributed by atoms with Crippen LogP contribution in [-0.4, -0.2) is 46.4 Å². The van der Waals surface area contributed by atoms with E-state index in [1.807, 2.05) is 50.5 Å². The van der Waals surface area contributed by atoms with Gasteiger partial charge in [0.15, 0.2) is 0 Å². The van der Waals surface area contributed by atoms with E-state index in [1.54, 1.807) is 25.6 Å².